The minimum absolute atomic E-state index is 0.457. The van der Waals surface area contributed by atoms with Crippen molar-refractivity contribution in [2.45, 2.75) is 0 Å². The van der Waals surface area contributed by atoms with Crippen LogP contribution >= 0.6 is 27.5 Å². The normalized spacial score (nSPS) is 10.4. The summed E-state index contributed by atoms with van der Waals surface area (Å²) in [6.45, 7) is 0. The summed E-state index contributed by atoms with van der Waals surface area (Å²) < 4.78 is 0.943. The highest BCUT2D eigenvalue weighted by atomic mass is 79.9. The van der Waals surface area contributed by atoms with Gasteiger partial charge in [0.15, 0.2) is 0 Å². The van der Waals surface area contributed by atoms with E-state index in [-0.39, 0.29) is 0 Å². The number of nitrogens with two attached hydrogens (primary N) is 1. The molecule has 0 bridgehead atoms. The van der Waals surface area contributed by atoms with Gasteiger partial charge in [-0.3, -0.25) is 5.10 Å². The van der Waals surface area contributed by atoms with Crippen molar-refractivity contribution in [2.75, 3.05) is 5.73 Å². The number of benzene rings is 1. The topological polar surface area (TPSA) is 54.7 Å². The van der Waals surface area contributed by atoms with Crippen LogP contribution in [0.1, 0.15) is 0 Å². The molecule has 0 saturated heterocycles. The van der Waals surface area contributed by atoms with E-state index in [1.807, 2.05) is 18.2 Å². The minimum Gasteiger partial charge on any atom is -0.382 e. The van der Waals surface area contributed by atoms with Crippen LogP contribution in [-0.4, -0.2) is 10.2 Å². The maximum Gasteiger partial charge on any atom is 0.145 e. The number of rotatable bonds is 1. The molecule has 3 nitrogen and oxygen atoms in total. The molecule has 3 N–H and O–H groups in total. The average molecular weight is 273 g/mol. The van der Waals surface area contributed by atoms with Crippen LogP contribution in [0.2, 0.25) is 5.02 Å². The van der Waals surface area contributed by atoms with E-state index in [2.05, 4.69) is 26.1 Å². The smallest absolute Gasteiger partial charge is 0.145 e. The summed E-state index contributed by atoms with van der Waals surface area (Å²) in [5.41, 5.74) is 7.21. The van der Waals surface area contributed by atoms with Gasteiger partial charge in [-0.1, -0.05) is 33.6 Å². The predicted molar refractivity (Wildman–Crippen MR) is 61.1 cm³/mol. The number of nitrogens with zero attached hydrogens (tertiary/aromatic N) is 1. The molecule has 1 aromatic heterocycles. The molecule has 0 unspecified atom stereocenters. The van der Waals surface area contributed by atoms with Crippen molar-refractivity contribution in [1.82, 2.24) is 10.2 Å². The summed E-state index contributed by atoms with van der Waals surface area (Å²) >= 11 is 9.39. The quantitative estimate of drug-likeness (QED) is 0.838. The van der Waals surface area contributed by atoms with Crippen LogP contribution < -0.4 is 5.73 Å². The van der Waals surface area contributed by atoms with Crippen molar-refractivity contribution >= 4 is 33.3 Å². The van der Waals surface area contributed by atoms with Gasteiger partial charge in [0, 0.05) is 16.1 Å². The molecule has 14 heavy (non-hydrogen) atoms. The summed E-state index contributed by atoms with van der Waals surface area (Å²) in [6.07, 6.45) is 0. The van der Waals surface area contributed by atoms with Crippen LogP contribution in [0.25, 0.3) is 11.3 Å². The van der Waals surface area contributed by atoms with Crippen LogP contribution in [0.3, 0.4) is 0 Å². The van der Waals surface area contributed by atoms with E-state index in [9.17, 15) is 0 Å². The highest BCUT2D eigenvalue weighted by Gasteiger charge is 2.06. The molecule has 0 spiro atoms. The van der Waals surface area contributed by atoms with E-state index in [1.165, 1.54) is 0 Å². The SMILES string of the molecule is Nc1cc(-c2ccc(Br)cc2Cl)[nH]n1. The molecule has 2 aromatic rings. The molecule has 0 aliphatic heterocycles. The zero-order valence-electron chi connectivity index (χ0n) is 7.09. The number of H-pyrrole nitrogens is 1. The third kappa shape index (κ3) is 1.76. The van der Waals surface area contributed by atoms with Gasteiger partial charge in [-0.25, -0.2) is 0 Å². The molecule has 0 aliphatic carbocycles. The molecule has 0 radical (unpaired) electrons. The van der Waals surface area contributed by atoms with Crippen molar-refractivity contribution in [3.05, 3.63) is 33.8 Å². The van der Waals surface area contributed by atoms with E-state index in [1.54, 1.807) is 6.07 Å². The molecule has 0 saturated carbocycles. The number of hydrogen-bond acceptors (Lipinski definition) is 2. The summed E-state index contributed by atoms with van der Waals surface area (Å²) in [6, 6.07) is 7.39. The maximum absolute atomic E-state index is 6.05. The molecular formula is C9H7BrClN3. The Morgan fingerprint density at radius 2 is 2.14 bits per heavy atom. The molecule has 0 aliphatic rings. The van der Waals surface area contributed by atoms with Crippen LogP contribution in [0, 0.1) is 0 Å². The van der Waals surface area contributed by atoms with Gasteiger partial charge in [0.1, 0.15) is 5.82 Å². The lowest BCUT2D eigenvalue weighted by molar-refractivity contribution is 1.10. The number of hydrogen-bond donors (Lipinski definition) is 2. The number of nitrogen functional groups attached to an aromatic ring is 1. The molecular weight excluding hydrogens is 265 g/mol. The van der Waals surface area contributed by atoms with Crippen LogP contribution in [0.4, 0.5) is 5.82 Å². The fraction of sp³-hybridized carbons (Fsp3) is 0. The second kappa shape index (κ2) is 3.63. The number of aromatic amines is 1. The maximum atomic E-state index is 6.05. The lowest BCUT2D eigenvalue weighted by atomic mass is 10.1. The second-order valence-electron chi connectivity index (χ2n) is 2.83. The van der Waals surface area contributed by atoms with Crippen molar-refractivity contribution in [2.24, 2.45) is 0 Å². The third-order valence-electron chi connectivity index (χ3n) is 1.82. The molecule has 0 fully saturated rings. The molecule has 1 aromatic carbocycles. The van der Waals surface area contributed by atoms with Crippen molar-refractivity contribution in [3.8, 4) is 11.3 Å². The van der Waals surface area contributed by atoms with Gasteiger partial charge in [0.2, 0.25) is 0 Å². The Kier molecular flexibility index (Phi) is 2.48. The van der Waals surface area contributed by atoms with Crippen molar-refractivity contribution in [1.29, 1.82) is 0 Å². The molecule has 0 amide bonds. The van der Waals surface area contributed by atoms with Gasteiger partial charge in [0.05, 0.1) is 10.7 Å². The minimum atomic E-state index is 0.457. The summed E-state index contributed by atoms with van der Waals surface area (Å²) in [5, 5.41) is 7.30. The van der Waals surface area contributed by atoms with Gasteiger partial charge in [-0.15, -0.1) is 0 Å². The lowest BCUT2D eigenvalue weighted by Gasteiger charge is -2.00. The summed E-state index contributed by atoms with van der Waals surface area (Å²) in [5.74, 6) is 0.457. The standard InChI is InChI=1S/C9H7BrClN3/c10-5-1-2-6(7(11)3-5)8-4-9(12)14-13-8/h1-4H,(H3,12,13,14). The zero-order chi connectivity index (χ0) is 10.1. The van der Waals surface area contributed by atoms with E-state index >= 15 is 0 Å². The Morgan fingerprint density at radius 1 is 1.36 bits per heavy atom. The Hall–Kier alpha value is -1.00. The van der Waals surface area contributed by atoms with Gasteiger partial charge < -0.3 is 5.73 Å². The number of nitrogens with one attached hydrogen (secondary N) is 1. The highest BCUT2D eigenvalue weighted by Crippen LogP contribution is 2.29. The molecule has 72 valence electrons. The van der Waals surface area contributed by atoms with Gasteiger partial charge in [0.25, 0.3) is 0 Å². The van der Waals surface area contributed by atoms with Crippen LogP contribution in [-0.2, 0) is 0 Å². The zero-order valence-corrected chi connectivity index (χ0v) is 9.43. The fourth-order valence-corrected chi connectivity index (χ4v) is 1.96. The van der Waals surface area contributed by atoms with Crippen molar-refractivity contribution in [3.63, 3.8) is 0 Å². The number of halogens is 2. The lowest BCUT2D eigenvalue weighted by Crippen LogP contribution is -1.81. The van der Waals surface area contributed by atoms with E-state index in [0.29, 0.717) is 10.8 Å². The molecule has 5 heteroatoms. The first-order valence-corrected chi connectivity index (χ1v) is 5.10. The largest absolute Gasteiger partial charge is 0.382 e. The van der Waals surface area contributed by atoms with Crippen LogP contribution in [0.5, 0.6) is 0 Å². The second-order valence-corrected chi connectivity index (χ2v) is 4.15. The summed E-state index contributed by atoms with van der Waals surface area (Å²) in [4.78, 5) is 0. The predicted octanol–water partition coefficient (Wildman–Crippen LogP) is 3.07. The highest BCUT2D eigenvalue weighted by molar-refractivity contribution is 9.10. The Bertz CT molecular complexity index is 467. The Morgan fingerprint density at radius 3 is 2.71 bits per heavy atom. The Labute approximate surface area is 94.4 Å². The first-order chi connectivity index (χ1) is 6.66. The van der Waals surface area contributed by atoms with Gasteiger partial charge in [-0.05, 0) is 12.1 Å². The van der Waals surface area contributed by atoms with Crippen LogP contribution in [0.15, 0.2) is 28.7 Å². The number of anilines is 1. The van der Waals surface area contributed by atoms with E-state index in [0.717, 1.165) is 15.7 Å². The van der Waals surface area contributed by atoms with Gasteiger partial charge >= 0.3 is 0 Å². The monoisotopic (exact) mass is 271 g/mol. The molecule has 0 atom stereocenters. The van der Waals surface area contributed by atoms with Gasteiger partial charge in [-0.2, -0.15) is 5.10 Å². The van der Waals surface area contributed by atoms with E-state index in [4.69, 9.17) is 17.3 Å². The molecule has 2 rings (SSSR count). The Balaban J connectivity index is 2.52. The summed E-state index contributed by atoms with van der Waals surface area (Å²) in [7, 11) is 0. The van der Waals surface area contributed by atoms with Crippen molar-refractivity contribution < 1.29 is 0 Å². The van der Waals surface area contributed by atoms with E-state index < -0.39 is 0 Å². The average Bonchev–Trinajstić information content (AvgIpc) is 2.51. The fourth-order valence-electron chi connectivity index (χ4n) is 1.18. The number of aromatic nitrogens is 2. The first-order valence-electron chi connectivity index (χ1n) is 3.93. The third-order valence-corrected chi connectivity index (χ3v) is 2.62. The first kappa shape index (κ1) is 9.55. The molecule has 1 heterocycles.